The van der Waals surface area contributed by atoms with E-state index in [0.29, 0.717) is 6.04 Å². The molecule has 6 nitrogen and oxygen atoms in total. The van der Waals surface area contributed by atoms with Gasteiger partial charge in [-0.05, 0) is 26.3 Å². The minimum Gasteiger partial charge on any atom is -0.383 e. The lowest BCUT2D eigenvalue weighted by Gasteiger charge is -2.17. The number of nitrogens with zero attached hydrogens (tertiary/aromatic N) is 5. The van der Waals surface area contributed by atoms with Gasteiger partial charge in [-0.25, -0.2) is 4.98 Å². The molecule has 120 valence electrons. The molecule has 1 aliphatic heterocycles. The Morgan fingerprint density at radius 3 is 2.95 bits per heavy atom. The molecule has 0 amide bonds. The molecule has 6 heteroatoms. The molecular formula is C16H25N5O. The number of aryl methyl sites for hydroxylation is 2. The fourth-order valence-electron chi connectivity index (χ4n) is 3.26. The van der Waals surface area contributed by atoms with Crippen LogP contribution in [-0.4, -0.2) is 51.0 Å². The number of hydrogen-bond donors (Lipinski definition) is 0. The minimum atomic E-state index is 0.482. The fraction of sp³-hybridized carbons (Fsp3) is 0.625. The van der Waals surface area contributed by atoms with Crippen LogP contribution in [0.25, 0.3) is 0 Å². The third-order valence-corrected chi connectivity index (χ3v) is 4.34. The first-order valence-electron chi connectivity index (χ1n) is 7.91. The molecule has 0 radical (unpaired) electrons. The fourth-order valence-corrected chi connectivity index (χ4v) is 3.26. The number of likely N-dealkylation sites (tertiary alicyclic amines) is 1. The Labute approximate surface area is 131 Å². The summed E-state index contributed by atoms with van der Waals surface area (Å²) in [7, 11) is 1.73. The zero-order valence-corrected chi connectivity index (χ0v) is 13.7. The van der Waals surface area contributed by atoms with E-state index in [0.717, 1.165) is 50.7 Å². The Bertz CT molecular complexity index is 618. The number of methoxy groups -OCH3 is 1. The van der Waals surface area contributed by atoms with Crippen LogP contribution in [0.1, 0.15) is 29.7 Å². The molecule has 1 aliphatic rings. The van der Waals surface area contributed by atoms with Gasteiger partial charge in [0.2, 0.25) is 0 Å². The monoisotopic (exact) mass is 303 g/mol. The standard InChI is InChI=1S/C16H25N5O/c1-13-10-14(2)21(18-13)15-4-6-19(11-15)12-16-17-5-7-20(16)8-9-22-3/h5,7,10,15H,4,6,8-9,11-12H2,1-3H3. The van der Waals surface area contributed by atoms with Gasteiger partial charge in [-0.3, -0.25) is 9.58 Å². The summed E-state index contributed by atoms with van der Waals surface area (Å²) in [6.45, 7) is 8.81. The molecule has 3 heterocycles. The average Bonchev–Trinajstić information content (AvgIpc) is 3.18. The van der Waals surface area contributed by atoms with Crippen LogP contribution in [0, 0.1) is 13.8 Å². The highest BCUT2D eigenvalue weighted by molar-refractivity contribution is 5.08. The zero-order chi connectivity index (χ0) is 15.5. The topological polar surface area (TPSA) is 48.1 Å². The molecule has 22 heavy (non-hydrogen) atoms. The predicted octanol–water partition coefficient (Wildman–Crippen LogP) is 1.79. The molecule has 0 N–H and O–H groups in total. The number of rotatable bonds is 6. The van der Waals surface area contributed by atoms with Crippen LogP contribution < -0.4 is 0 Å². The van der Waals surface area contributed by atoms with Crippen molar-refractivity contribution in [2.75, 3.05) is 26.8 Å². The predicted molar refractivity (Wildman–Crippen MR) is 84.7 cm³/mol. The van der Waals surface area contributed by atoms with Crippen molar-refractivity contribution < 1.29 is 4.74 Å². The lowest BCUT2D eigenvalue weighted by Crippen LogP contribution is -2.24. The molecule has 0 aliphatic carbocycles. The van der Waals surface area contributed by atoms with E-state index in [1.54, 1.807) is 7.11 Å². The lowest BCUT2D eigenvalue weighted by molar-refractivity contribution is 0.184. The molecule has 1 atom stereocenters. The third kappa shape index (κ3) is 3.23. The van der Waals surface area contributed by atoms with Crippen molar-refractivity contribution in [2.24, 2.45) is 0 Å². The van der Waals surface area contributed by atoms with Gasteiger partial charge >= 0.3 is 0 Å². The van der Waals surface area contributed by atoms with Crippen molar-refractivity contribution in [3.63, 3.8) is 0 Å². The molecule has 1 saturated heterocycles. The summed E-state index contributed by atoms with van der Waals surface area (Å²) in [4.78, 5) is 6.96. The second kappa shape index (κ2) is 6.62. The third-order valence-electron chi connectivity index (χ3n) is 4.34. The molecule has 3 rings (SSSR count). The maximum Gasteiger partial charge on any atom is 0.122 e. The normalized spacial score (nSPS) is 19.1. The molecule has 0 saturated carbocycles. The van der Waals surface area contributed by atoms with Crippen LogP contribution in [-0.2, 0) is 17.8 Å². The van der Waals surface area contributed by atoms with Crippen LogP contribution in [0.5, 0.6) is 0 Å². The van der Waals surface area contributed by atoms with E-state index < -0.39 is 0 Å². The minimum absolute atomic E-state index is 0.482. The van der Waals surface area contributed by atoms with E-state index in [1.165, 1.54) is 5.69 Å². The van der Waals surface area contributed by atoms with Crippen molar-refractivity contribution in [3.05, 3.63) is 35.7 Å². The maximum absolute atomic E-state index is 5.16. The van der Waals surface area contributed by atoms with Gasteiger partial charge < -0.3 is 9.30 Å². The molecule has 2 aromatic rings. The quantitative estimate of drug-likeness (QED) is 0.816. The van der Waals surface area contributed by atoms with Crippen LogP contribution >= 0.6 is 0 Å². The van der Waals surface area contributed by atoms with Gasteiger partial charge in [-0.15, -0.1) is 0 Å². The summed E-state index contributed by atoms with van der Waals surface area (Å²) in [6, 6.07) is 2.64. The van der Waals surface area contributed by atoms with E-state index in [2.05, 4.69) is 44.1 Å². The van der Waals surface area contributed by atoms with Gasteiger partial charge in [0.1, 0.15) is 5.82 Å². The Balaban J connectivity index is 1.61. The Kier molecular flexibility index (Phi) is 4.59. The van der Waals surface area contributed by atoms with Gasteiger partial charge in [0.15, 0.2) is 0 Å². The van der Waals surface area contributed by atoms with Gasteiger partial charge in [0.25, 0.3) is 0 Å². The van der Waals surface area contributed by atoms with Crippen molar-refractivity contribution >= 4 is 0 Å². The number of aromatic nitrogens is 4. The summed E-state index contributed by atoms with van der Waals surface area (Å²) < 4.78 is 9.52. The first-order chi connectivity index (χ1) is 10.7. The molecule has 0 aromatic carbocycles. The molecule has 0 spiro atoms. The summed E-state index contributed by atoms with van der Waals surface area (Å²) in [5, 5.41) is 4.63. The Morgan fingerprint density at radius 2 is 2.23 bits per heavy atom. The summed E-state index contributed by atoms with van der Waals surface area (Å²) in [5.41, 5.74) is 2.36. The molecule has 1 fully saturated rings. The van der Waals surface area contributed by atoms with Gasteiger partial charge in [0.05, 0.1) is 24.9 Å². The van der Waals surface area contributed by atoms with E-state index in [4.69, 9.17) is 4.74 Å². The van der Waals surface area contributed by atoms with Crippen LogP contribution in [0.2, 0.25) is 0 Å². The second-order valence-corrected chi connectivity index (χ2v) is 6.08. The molecular weight excluding hydrogens is 278 g/mol. The highest BCUT2D eigenvalue weighted by atomic mass is 16.5. The number of ether oxygens (including phenoxy) is 1. The summed E-state index contributed by atoms with van der Waals surface area (Å²) in [6.07, 6.45) is 5.06. The lowest BCUT2D eigenvalue weighted by atomic mass is 10.2. The van der Waals surface area contributed by atoms with Crippen LogP contribution in [0.4, 0.5) is 0 Å². The maximum atomic E-state index is 5.16. The van der Waals surface area contributed by atoms with Gasteiger partial charge in [0, 0.05) is 44.8 Å². The second-order valence-electron chi connectivity index (χ2n) is 6.08. The van der Waals surface area contributed by atoms with Gasteiger partial charge in [-0.2, -0.15) is 5.10 Å². The summed E-state index contributed by atoms with van der Waals surface area (Å²) in [5.74, 6) is 1.12. The van der Waals surface area contributed by atoms with E-state index in [1.807, 2.05) is 12.4 Å². The van der Waals surface area contributed by atoms with Crippen molar-refractivity contribution in [1.29, 1.82) is 0 Å². The first-order valence-corrected chi connectivity index (χ1v) is 7.91. The van der Waals surface area contributed by atoms with Crippen molar-refractivity contribution in [1.82, 2.24) is 24.2 Å². The average molecular weight is 303 g/mol. The SMILES string of the molecule is COCCn1ccnc1CN1CCC(n2nc(C)cc2C)C1. The van der Waals surface area contributed by atoms with Crippen molar-refractivity contribution in [3.8, 4) is 0 Å². The van der Waals surface area contributed by atoms with Crippen LogP contribution in [0.3, 0.4) is 0 Å². The first kappa shape index (κ1) is 15.2. The highest BCUT2D eigenvalue weighted by Crippen LogP contribution is 2.24. The van der Waals surface area contributed by atoms with E-state index in [9.17, 15) is 0 Å². The highest BCUT2D eigenvalue weighted by Gasteiger charge is 2.26. The number of hydrogen-bond acceptors (Lipinski definition) is 4. The van der Waals surface area contributed by atoms with Crippen LogP contribution in [0.15, 0.2) is 18.5 Å². The molecule has 2 aromatic heterocycles. The van der Waals surface area contributed by atoms with Gasteiger partial charge in [-0.1, -0.05) is 0 Å². The largest absolute Gasteiger partial charge is 0.383 e. The van der Waals surface area contributed by atoms with E-state index in [-0.39, 0.29) is 0 Å². The Morgan fingerprint density at radius 1 is 1.36 bits per heavy atom. The molecule has 0 bridgehead atoms. The molecule has 1 unspecified atom stereocenters. The zero-order valence-electron chi connectivity index (χ0n) is 13.7. The van der Waals surface area contributed by atoms with Crippen molar-refractivity contribution in [2.45, 2.75) is 39.4 Å². The summed E-state index contributed by atoms with van der Waals surface area (Å²) >= 11 is 0. The smallest absolute Gasteiger partial charge is 0.122 e. The van der Waals surface area contributed by atoms with E-state index >= 15 is 0 Å². The Hall–Kier alpha value is -1.66. The number of imidazole rings is 1.